The molecule has 0 aliphatic heterocycles. The Bertz CT molecular complexity index is 461. The van der Waals surface area contributed by atoms with Crippen LogP contribution >= 0.6 is 34.8 Å². The van der Waals surface area contributed by atoms with Crippen LogP contribution in [-0.2, 0) is 0 Å². The molecular weight excluding hydrogens is 309 g/mol. The third-order valence-corrected chi connectivity index (χ3v) is 3.88. The van der Waals surface area contributed by atoms with Gasteiger partial charge in [0.25, 0.3) is 0 Å². The first kappa shape index (κ1) is 15.2. The third-order valence-electron chi connectivity index (χ3n) is 2.86. The summed E-state index contributed by atoms with van der Waals surface area (Å²) in [6.45, 7) is 2.33. The Morgan fingerprint density at radius 3 is 2.53 bits per heavy atom. The van der Waals surface area contributed by atoms with Crippen molar-refractivity contribution in [3.05, 3.63) is 27.2 Å². The summed E-state index contributed by atoms with van der Waals surface area (Å²) >= 11 is 17.7. The molecule has 0 radical (unpaired) electrons. The second-order valence-corrected chi connectivity index (χ2v) is 6.36. The Labute approximate surface area is 127 Å². The van der Waals surface area contributed by atoms with E-state index in [-0.39, 0.29) is 6.61 Å². The Balaban J connectivity index is 1.91. The third kappa shape index (κ3) is 4.69. The Morgan fingerprint density at radius 1 is 1.26 bits per heavy atom. The molecule has 2 rings (SSSR count). The van der Waals surface area contributed by atoms with Gasteiger partial charge in [-0.25, -0.2) is 0 Å². The predicted octanol–water partition coefficient (Wildman–Crippen LogP) is 3.53. The van der Waals surface area contributed by atoms with E-state index in [1.54, 1.807) is 13.0 Å². The van der Waals surface area contributed by atoms with Gasteiger partial charge in [0, 0.05) is 18.7 Å². The first-order chi connectivity index (χ1) is 8.87. The average molecular weight is 325 g/mol. The van der Waals surface area contributed by atoms with Crippen LogP contribution in [0.1, 0.15) is 19.8 Å². The van der Waals surface area contributed by atoms with Gasteiger partial charge in [-0.1, -0.05) is 34.8 Å². The topological polar surface area (TPSA) is 41.5 Å². The number of aliphatic hydroxyl groups is 1. The van der Waals surface area contributed by atoms with Gasteiger partial charge in [-0.2, -0.15) is 0 Å². The summed E-state index contributed by atoms with van der Waals surface area (Å²) in [5.74, 6) is 0.419. The molecule has 1 saturated carbocycles. The fourth-order valence-corrected chi connectivity index (χ4v) is 2.14. The highest BCUT2D eigenvalue weighted by atomic mass is 35.5. The fourth-order valence-electron chi connectivity index (χ4n) is 1.55. The van der Waals surface area contributed by atoms with Crippen molar-refractivity contribution in [1.82, 2.24) is 5.32 Å². The maximum atomic E-state index is 10.2. The second kappa shape index (κ2) is 6.06. The van der Waals surface area contributed by atoms with E-state index in [1.165, 1.54) is 18.9 Å². The molecule has 0 bridgehead atoms. The molecular formula is C13H16Cl3NO2. The molecule has 1 aliphatic carbocycles. The number of nitrogens with one attached hydrogen (secondary N) is 1. The van der Waals surface area contributed by atoms with Gasteiger partial charge in [0.05, 0.1) is 15.1 Å². The maximum Gasteiger partial charge on any atom is 0.139 e. The van der Waals surface area contributed by atoms with Gasteiger partial charge in [0.2, 0.25) is 0 Å². The first-order valence-corrected chi connectivity index (χ1v) is 7.24. The zero-order chi connectivity index (χ0) is 14.0. The first-order valence-electron chi connectivity index (χ1n) is 6.10. The van der Waals surface area contributed by atoms with Crippen LogP contribution in [0.4, 0.5) is 0 Å². The summed E-state index contributed by atoms with van der Waals surface area (Å²) in [5.41, 5.74) is -0.960. The Hall–Kier alpha value is -0.190. The van der Waals surface area contributed by atoms with Crippen LogP contribution in [0.15, 0.2) is 12.1 Å². The minimum atomic E-state index is -0.960. The Morgan fingerprint density at radius 2 is 1.89 bits per heavy atom. The van der Waals surface area contributed by atoms with E-state index in [4.69, 9.17) is 39.5 Å². The fraction of sp³-hybridized carbons (Fsp3) is 0.538. The van der Waals surface area contributed by atoms with Crippen LogP contribution in [0, 0.1) is 0 Å². The number of benzene rings is 1. The van der Waals surface area contributed by atoms with E-state index in [0.29, 0.717) is 33.4 Å². The van der Waals surface area contributed by atoms with E-state index in [1.807, 2.05) is 0 Å². The molecule has 1 aliphatic rings. The summed E-state index contributed by atoms with van der Waals surface area (Å²) in [6.07, 6.45) is 2.35. The van der Waals surface area contributed by atoms with Crippen LogP contribution < -0.4 is 10.1 Å². The summed E-state index contributed by atoms with van der Waals surface area (Å²) in [7, 11) is 0. The number of halogens is 3. The number of hydrogen-bond donors (Lipinski definition) is 2. The molecule has 0 spiro atoms. The van der Waals surface area contributed by atoms with E-state index < -0.39 is 5.60 Å². The van der Waals surface area contributed by atoms with E-state index >= 15 is 0 Å². The highest BCUT2D eigenvalue weighted by Crippen LogP contribution is 2.34. The largest absolute Gasteiger partial charge is 0.489 e. The highest BCUT2D eigenvalue weighted by Gasteiger charge is 2.27. The standard InChI is InChI=1S/C13H16Cl3NO2/c1-13(18,6-17-8-2-3-8)7-19-12-5-10(15)9(14)4-11(12)16/h4-5,8,17-18H,2-3,6-7H2,1H3. The molecule has 0 saturated heterocycles. The van der Waals surface area contributed by atoms with E-state index in [9.17, 15) is 5.11 Å². The molecule has 1 unspecified atom stereocenters. The molecule has 0 heterocycles. The molecule has 106 valence electrons. The zero-order valence-electron chi connectivity index (χ0n) is 10.5. The lowest BCUT2D eigenvalue weighted by Crippen LogP contribution is -2.43. The van der Waals surface area contributed by atoms with Crippen LogP contribution in [0.3, 0.4) is 0 Å². The monoisotopic (exact) mass is 323 g/mol. The quantitative estimate of drug-likeness (QED) is 0.787. The lowest BCUT2D eigenvalue weighted by atomic mass is 10.1. The lowest BCUT2D eigenvalue weighted by Gasteiger charge is -2.24. The molecule has 1 fully saturated rings. The summed E-state index contributed by atoms with van der Waals surface area (Å²) in [5, 5.41) is 14.6. The van der Waals surface area contributed by atoms with Crippen LogP contribution in [-0.4, -0.2) is 29.9 Å². The molecule has 19 heavy (non-hydrogen) atoms. The number of rotatable bonds is 6. The maximum absolute atomic E-state index is 10.2. The van der Waals surface area contributed by atoms with Crippen LogP contribution in [0.2, 0.25) is 15.1 Å². The van der Waals surface area contributed by atoms with Gasteiger partial charge in [-0.15, -0.1) is 0 Å². The highest BCUT2D eigenvalue weighted by molar-refractivity contribution is 6.43. The van der Waals surface area contributed by atoms with Crippen LogP contribution in [0.5, 0.6) is 5.75 Å². The van der Waals surface area contributed by atoms with Crippen molar-refractivity contribution in [2.75, 3.05) is 13.2 Å². The molecule has 0 aromatic heterocycles. The summed E-state index contributed by atoms with van der Waals surface area (Å²) < 4.78 is 5.53. The van der Waals surface area contributed by atoms with Crippen molar-refractivity contribution in [1.29, 1.82) is 0 Å². The zero-order valence-corrected chi connectivity index (χ0v) is 12.8. The van der Waals surface area contributed by atoms with Crippen molar-refractivity contribution in [2.45, 2.75) is 31.4 Å². The van der Waals surface area contributed by atoms with Gasteiger partial charge in [-0.3, -0.25) is 0 Å². The minimum Gasteiger partial charge on any atom is -0.489 e. The van der Waals surface area contributed by atoms with Gasteiger partial charge in [0.1, 0.15) is 18.0 Å². The van der Waals surface area contributed by atoms with Gasteiger partial charge in [-0.05, 0) is 25.8 Å². The molecule has 0 amide bonds. The number of hydrogen-bond acceptors (Lipinski definition) is 3. The molecule has 6 heteroatoms. The van der Waals surface area contributed by atoms with Crippen molar-refractivity contribution < 1.29 is 9.84 Å². The normalized spacial score (nSPS) is 18.2. The molecule has 2 N–H and O–H groups in total. The smallest absolute Gasteiger partial charge is 0.139 e. The SMILES string of the molecule is CC(O)(CNC1CC1)COc1cc(Cl)c(Cl)cc1Cl. The van der Waals surface area contributed by atoms with Gasteiger partial charge in [0.15, 0.2) is 0 Å². The average Bonchev–Trinajstić information content (AvgIpc) is 3.14. The van der Waals surface area contributed by atoms with Crippen molar-refractivity contribution in [3.8, 4) is 5.75 Å². The molecule has 1 atom stereocenters. The lowest BCUT2D eigenvalue weighted by molar-refractivity contribution is 0.0120. The Kier molecular flexibility index (Phi) is 4.85. The van der Waals surface area contributed by atoms with Crippen molar-refractivity contribution in [2.24, 2.45) is 0 Å². The van der Waals surface area contributed by atoms with Crippen molar-refractivity contribution >= 4 is 34.8 Å². The summed E-state index contributed by atoms with van der Waals surface area (Å²) in [4.78, 5) is 0. The van der Waals surface area contributed by atoms with Gasteiger partial charge < -0.3 is 15.2 Å². The van der Waals surface area contributed by atoms with E-state index in [0.717, 1.165) is 0 Å². The second-order valence-electron chi connectivity index (χ2n) is 5.14. The predicted molar refractivity (Wildman–Crippen MR) is 78.6 cm³/mol. The molecule has 1 aromatic carbocycles. The number of ether oxygens (including phenoxy) is 1. The van der Waals surface area contributed by atoms with Crippen LogP contribution in [0.25, 0.3) is 0 Å². The van der Waals surface area contributed by atoms with Crippen molar-refractivity contribution in [3.63, 3.8) is 0 Å². The molecule has 3 nitrogen and oxygen atoms in total. The molecule has 1 aromatic rings. The van der Waals surface area contributed by atoms with E-state index in [2.05, 4.69) is 5.32 Å². The minimum absolute atomic E-state index is 0.129. The summed E-state index contributed by atoms with van der Waals surface area (Å²) in [6, 6.07) is 3.62. The van der Waals surface area contributed by atoms with Gasteiger partial charge >= 0.3 is 0 Å².